The van der Waals surface area contributed by atoms with Crippen LogP contribution < -0.4 is 5.32 Å². The SMILES string of the molecule is CC(C(=O)Nc1ccc(F)cc1F)N1CCN(C(=O)c2ccc(Cl)cc2Cl)CC1. The van der Waals surface area contributed by atoms with Crippen LogP contribution in [-0.4, -0.2) is 53.8 Å². The van der Waals surface area contributed by atoms with Crippen LogP contribution in [0.25, 0.3) is 0 Å². The fraction of sp³-hybridized carbons (Fsp3) is 0.300. The highest BCUT2D eigenvalue weighted by Gasteiger charge is 2.29. The number of piperazine rings is 1. The molecule has 1 heterocycles. The third-order valence-electron chi connectivity index (χ3n) is 4.88. The number of carbonyl (C=O) groups is 2. The first-order valence-corrected chi connectivity index (χ1v) is 9.76. The number of anilines is 1. The lowest BCUT2D eigenvalue weighted by Gasteiger charge is -2.37. The molecule has 2 amide bonds. The van der Waals surface area contributed by atoms with Crippen LogP contribution in [0.2, 0.25) is 10.0 Å². The standard InChI is InChI=1S/C20H19Cl2F2N3O2/c1-12(19(28)25-18-5-3-14(23)11-17(18)24)26-6-8-27(9-7-26)20(29)15-4-2-13(21)10-16(15)22/h2-5,10-12H,6-9H2,1H3,(H,25,28). The topological polar surface area (TPSA) is 52.7 Å². The molecular weight excluding hydrogens is 423 g/mol. The molecular formula is C20H19Cl2F2N3O2. The third kappa shape index (κ3) is 5.04. The van der Waals surface area contributed by atoms with Crippen LogP contribution in [0.15, 0.2) is 36.4 Å². The maximum atomic E-state index is 13.7. The van der Waals surface area contributed by atoms with E-state index in [1.54, 1.807) is 24.0 Å². The maximum Gasteiger partial charge on any atom is 0.255 e. The fourth-order valence-electron chi connectivity index (χ4n) is 3.14. The van der Waals surface area contributed by atoms with Crippen LogP contribution in [0.1, 0.15) is 17.3 Å². The molecule has 0 radical (unpaired) electrons. The predicted octanol–water partition coefficient (Wildman–Crippen LogP) is 4.06. The summed E-state index contributed by atoms with van der Waals surface area (Å²) in [6.45, 7) is 3.47. The lowest BCUT2D eigenvalue weighted by molar-refractivity contribution is -0.121. The Kier molecular flexibility index (Phi) is 6.72. The van der Waals surface area contributed by atoms with E-state index in [1.165, 1.54) is 12.1 Å². The summed E-state index contributed by atoms with van der Waals surface area (Å²) in [5.74, 6) is -2.15. The molecule has 1 unspecified atom stereocenters. The molecule has 1 aliphatic heterocycles. The van der Waals surface area contributed by atoms with Crippen LogP contribution in [-0.2, 0) is 4.79 Å². The number of hydrogen-bond acceptors (Lipinski definition) is 3. The number of rotatable bonds is 4. The van der Waals surface area contributed by atoms with E-state index >= 15 is 0 Å². The van der Waals surface area contributed by atoms with E-state index in [0.717, 1.165) is 6.07 Å². The molecule has 5 nitrogen and oxygen atoms in total. The van der Waals surface area contributed by atoms with E-state index in [1.807, 2.05) is 4.90 Å². The summed E-state index contributed by atoms with van der Waals surface area (Å²) in [5, 5.41) is 3.22. The summed E-state index contributed by atoms with van der Waals surface area (Å²) in [4.78, 5) is 28.7. The van der Waals surface area contributed by atoms with Crippen molar-refractivity contribution in [1.82, 2.24) is 9.80 Å². The molecule has 0 spiro atoms. The third-order valence-corrected chi connectivity index (χ3v) is 5.43. The van der Waals surface area contributed by atoms with E-state index in [4.69, 9.17) is 23.2 Å². The molecule has 0 saturated carbocycles. The number of nitrogens with one attached hydrogen (secondary N) is 1. The molecule has 2 aromatic carbocycles. The van der Waals surface area contributed by atoms with Crippen molar-refractivity contribution in [2.24, 2.45) is 0 Å². The van der Waals surface area contributed by atoms with E-state index in [2.05, 4.69) is 5.32 Å². The van der Waals surface area contributed by atoms with Gasteiger partial charge in [0.25, 0.3) is 5.91 Å². The second kappa shape index (κ2) is 9.07. The highest BCUT2D eigenvalue weighted by molar-refractivity contribution is 6.36. The molecule has 0 aliphatic carbocycles. The molecule has 3 rings (SSSR count). The van der Waals surface area contributed by atoms with Gasteiger partial charge in [-0.25, -0.2) is 8.78 Å². The van der Waals surface area contributed by atoms with Crippen LogP contribution >= 0.6 is 23.2 Å². The molecule has 1 fully saturated rings. The lowest BCUT2D eigenvalue weighted by atomic mass is 10.1. The van der Waals surface area contributed by atoms with Crippen molar-refractivity contribution in [3.63, 3.8) is 0 Å². The van der Waals surface area contributed by atoms with Gasteiger partial charge in [-0.3, -0.25) is 14.5 Å². The van der Waals surface area contributed by atoms with Crippen molar-refractivity contribution in [2.45, 2.75) is 13.0 Å². The molecule has 1 N–H and O–H groups in total. The second-order valence-corrected chi connectivity index (χ2v) is 7.59. The molecule has 1 aliphatic rings. The highest BCUT2D eigenvalue weighted by atomic mass is 35.5. The van der Waals surface area contributed by atoms with Crippen LogP contribution in [0.5, 0.6) is 0 Å². The molecule has 0 aromatic heterocycles. The van der Waals surface area contributed by atoms with Gasteiger partial charge >= 0.3 is 0 Å². The van der Waals surface area contributed by atoms with Gasteiger partial charge in [-0.1, -0.05) is 23.2 Å². The monoisotopic (exact) mass is 441 g/mol. The second-order valence-electron chi connectivity index (χ2n) is 6.74. The smallest absolute Gasteiger partial charge is 0.255 e. The molecule has 1 saturated heterocycles. The summed E-state index contributed by atoms with van der Waals surface area (Å²) in [5.41, 5.74) is 0.302. The van der Waals surface area contributed by atoms with Crippen LogP contribution in [0.4, 0.5) is 14.5 Å². The average molecular weight is 442 g/mol. The molecule has 1 atom stereocenters. The first-order chi connectivity index (χ1) is 13.8. The van der Waals surface area contributed by atoms with Gasteiger partial charge in [0.05, 0.1) is 22.3 Å². The Morgan fingerprint density at radius 2 is 1.72 bits per heavy atom. The van der Waals surface area contributed by atoms with Crippen LogP contribution in [0.3, 0.4) is 0 Å². The minimum absolute atomic E-state index is 0.0746. The number of halogens is 4. The lowest BCUT2D eigenvalue weighted by Crippen LogP contribution is -2.54. The Balaban J connectivity index is 1.58. The van der Waals surface area contributed by atoms with Gasteiger partial charge in [0.15, 0.2) is 0 Å². The zero-order valence-electron chi connectivity index (χ0n) is 15.6. The van der Waals surface area contributed by atoms with Crippen molar-refractivity contribution in [3.05, 3.63) is 63.6 Å². The Hall–Kier alpha value is -2.22. The Morgan fingerprint density at radius 1 is 1.03 bits per heavy atom. The molecule has 2 aromatic rings. The summed E-state index contributed by atoms with van der Waals surface area (Å²) in [7, 11) is 0. The predicted molar refractivity (Wildman–Crippen MR) is 108 cm³/mol. The van der Waals surface area contributed by atoms with Gasteiger partial charge in [0.2, 0.25) is 5.91 Å². The van der Waals surface area contributed by atoms with Gasteiger partial charge in [0.1, 0.15) is 11.6 Å². The first-order valence-electron chi connectivity index (χ1n) is 9.00. The van der Waals surface area contributed by atoms with Gasteiger partial charge in [-0.15, -0.1) is 0 Å². The van der Waals surface area contributed by atoms with Crippen molar-refractivity contribution >= 4 is 40.7 Å². The van der Waals surface area contributed by atoms with E-state index in [-0.39, 0.29) is 11.6 Å². The Labute approximate surface area is 177 Å². The van der Waals surface area contributed by atoms with Gasteiger partial charge in [-0.05, 0) is 37.3 Å². The summed E-state index contributed by atoms with van der Waals surface area (Å²) in [6, 6.07) is 7.15. The zero-order chi connectivity index (χ0) is 21.1. The molecule has 29 heavy (non-hydrogen) atoms. The average Bonchev–Trinajstić information content (AvgIpc) is 2.69. The van der Waals surface area contributed by atoms with Gasteiger partial charge in [0, 0.05) is 37.3 Å². The van der Waals surface area contributed by atoms with Gasteiger partial charge in [-0.2, -0.15) is 0 Å². The van der Waals surface area contributed by atoms with Crippen molar-refractivity contribution < 1.29 is 18.4 Å². The van der Waals surface area contributed by atoms with Crippen LogP contribution in [0, 0.1) is 11.6 Å². The van der Waals surface area contributed by atoms with E-state index < -0.39 is 23.6 Å². The minimum Gasteiger partial charge on any atom is -0.336 e. The summed E-state index contributed by atoms with van der Waals surface area (Å²) >= 11 is 12.0. The number of benzene rings is 2. The zero-order valence-corrected chi connectivity index (χ0v) is 17.1. The van der Waals surface area contributed by atoms with Crippen molar-refractivity contribution in [1.29, 1.82) is 0 Å². The minimum atomic E-state index is -0.833. The number of amides is 2. The highest BCUT2D eigenvalue weighted by Crippen LogP contribution is 2.23. The van der Waals surface area contributed by atoms with E-state index in [0.29, 0.717) is 47.9 Å². The number of carbonyl (C=O) groups excluding carboxylic acids is 2. The largest absolute Gasteiger partial charge is 0.336 e. The normalized spacial score (nSPS) is 15.8. The maximum absolute atomic E-state index is 13.7. The Morgan fingerprint density at radius 3 is 2.34 bits per heavy atom. The number of hydrogen-bond donors (Lipinski definition) is 1. The molecule has 9 heteroatoms. The molecule has 154 valence electrons. The van der Waals surface area contributed by atoms with E-state index in [9.17, 15) is 18.4 Å². The van der Waals surface area contributed by atoms with Crippen molar-refractivity contribution in [2.75, 3.05) is 31.5 Å². The first kappa shape index (κ1) is 21.5. The van der Waals surface area contributed by atoms with Gasteiger partial charge < -0.3 is 10.2 Å². The molecule has 0 bridgehead atoms. The summed E-state index contributed by atoms with van der Waals surface area (Å²) < 4.78 is 26.7. The Bertz CT molecular complexity index is 934. The quantitative estimate of drug-likeness (QED) is 0.778. The fourth-order valence-corrected chi connectivity index (χ4v) is 3.63. The summed E-state index contributed by atoms with van der Waals surface area (Å²) in [6.07, 6.45) is 0. The number of nitrogens with zero attached hydrogens (tertiary/aromatic N) is 2. The van der Waals surface area contributed by atoms with Crippen molar-refractivity contribution in [3.8, 4) is 0 Å².